The first-order chi connectivity index (χ1) is 10.3. The molecule has 1 aromatic rings. The van der Waals surface area contributed by atoms with E-state index in [-0.39, 0.29) is 22.6 Å². The number of cyclic esters (lactones) is 1. The predicted octanol–water partition coefficient (Wildman–Crippen LogP) is 1.46. The van der Waals surface area contributed by atoms with E-state index < -0.39 is 22.2 Å². The van der Waals surface area contributed by atoms with Gasteiger partial charge in [0.15, 0.2) is 0 Å². The van der Waals surface area contributed by atoms with E-state index in [4.69, 9.17) is 26.2 Å². The maximum Gasteiger partial charge on any atom is 0.410 e. The molecule has 0 aromatic heterocycles. The Labute approximate surface area is 134 Å². The molecule has 0 aliphatic carbocycles. The van der Waals surface area contributed by atoms with Crippen LogP contribution in [0, 0.1) is 0 Å². The average Bonchev–Trinajstić information content (AvgIpc) is 2.74. The Kier molecular flexibility index (Phi) is 4.84. The lowest BCUT2D eigenvalue weighted by Gasteiger charge is -2.20. The number of rotatable bonds is 5. The van der Waals surface area contributed by atoms with E-state index in [1.165, 1.54) is 24.1 Å². The van der Waals surface area contributed by atoms with Crippen molar-refractivity contribution in [3.8, 4) is 5.75 Å². The summed E-state index contributed by atoms with van der Waals surface area (Å²) < 4.78 is 33.6. The maximum absolute atomic E-state index is 11.8. The summed E-state index contributed by atoms with van der Waals surface area (Å²) in [6.45, 7) is 2.17. The van der Waals surface area contributed by atoms with Gasteiger partial charge < -0.3 is 14.4 Å². The number of carbonyl (C=O) groups is 1. The van der Waals surface area contributed by atoms with Gasteiger partial charge in [-0.3, -0.25) is 0 Å². The Hall–Kier alpha value is -1.51. The second kappa shape index (κ2) is 6.31. The summed E-state index contributed by atoms with van der Waals surface area (Å²) in [5.74, 6) is 0.429. The van der Waals surface area contributed by atoms with Crippen LogP contribution in [0.3, 0.4) is 0 Å². The van der Waals surface area contributed by atoms with Crippen molar-refractivity contribution in [1.82, 2.24) is 4.90 Å². The van der Waals surface area contributed by atoms with Gasteiger partial charge in [0.05, 0.1) is 13.2 Å². The fraction of sp³-hybridized carbons (Fsp3) is 0.462. The number of hydrogen-bond acceptors (Lipinski definition) is 5. The molecule has 1 heterocycles. The molecule has 1 aliphatic heterocycles. The lowest BCUT2D eigenvalue weighted by molar-refractivity contribution is 0.130. The molecule has 2 rings (SSSR count). The average molecular weight is 349 g/mol. The van der Waals surface area contributed by atoms with Crippen molar-refractivity contribution in [1.29, 1.82) is 0 Å². The number of benzene rings is 1. The number of nitrogens with zero attached hydrogens (tertiary/aromatic N) is 1. The van der Waals surface area contributed by atoms with E-state index >= 15 is 0 Å². The Bertz CT molecular complexity index is 679. The first-order valence-electron chi connectivity index (χ1n) is 6.53. The summed E-state index contributed by atoms with van der Waals surface area (Å²) in [6.07, 6.45) is -1.08. The van der Waals surface area contributed by atoms with E-state index in [0.717, 1.165) is 0 Å². The monoisotopic (exact) mass is 348 g/mol. The Morgan fingerprint density at radius 2 is 2.14 bits per heavy atom. The molecule has 0 radical (unpaired) electrons. The summed E-state index contributed by atoms with van der Waals surface area (Å²) in [4.78, 5) is 13.2. The molecule has 22 heavy (non-hydrogen) atoms. The molecule has 1 saturated heterocycles. The fourth-order valence-electron chi connectivity index (χ4n) is 2.43. The van der Waals surface area contributed by atoms with Crippen molar-refractivity contribution in [2.24, 2.45) is 5.14 Å². The largest absolute Gasteiger partial charge is 0.495 e. The summed E-state index contributed by atoms with van der Waals surface area (Å²) in [6, 6.07) is 4.23. The summed E-state index contributed by atoms with van der Waals surface area (Å²) >= 11 is 5.67. The number of sulfonamides is 1. The first kappa shape index (κ1) is 16.9. The normalized spacial score (nSPS) is 21.8. The quantitative estimate of drug-likeness (QED) is 0.812. The number of primary sulfonamides is 1. The van der Waals surface area contributed by atoms with Crippen molar-refractivity contribution < 1.29 is 22.7 Å². The lowest BCUT2D eigenvalue weighted by atomic mass is 10.0. The van der Waals surface area contributed by atoms with Crippen molar-refractivity contribution >= 4 is 27.7 Å². The number of carbonyl (C=O) groups excluding carboxylic acids is 1. The van der Waals surface area contributed by atoms with E-state index in [2.05, 4.69) is 0 Å². The minimum atomic E-state index is -3.95. The van der Waals surface area contributed by atoms with Crippen LogP contribution in [0.1, 0.15) is 18.6 Å². The van der Waals surface area contributed by atoms with Crippen LogP contribution in [0.2, 0.25) is 0 Å². The van der Waals surface area contributed by atoms with Gasteiger partial charge >= 0.3 is 6.09 Å². The van der Waals surface area contributed by atoms with Gasteiger partial charge in [-0.05, 0) is 24.6 Å². The molecule has 2 atom stereocenters. The molecule has 2 N–H and O–H groups in total. The Morgan fingerprint density at radius 3 is 2.68 bits per heavy atom. The highest BCUT2D eigenvalue weighted by atomic mass is 35.5. The summed E-state index contributed by atoms with van der Waals surface area (Å²) in [5, 5.41) is 5.19. The van der Waals surface area contributed by atoms with Crippen LogP contribution >= 0.6 is 11.6 Å². The zero-order chi connectivity index (χ0) is 16.5. The van der Waals surface area contributed by atoms with Crippen LogP contribution < -0.4 is 9.88 Å². The molecular formula is C13H17ClN2O5S. The van der Waals surface area contributed by atoms with Gasteiger partial charge in [-0.1, -0.05) is 6.07 Å². The van der Waals surface area contributed by atoms with Crippen LogP contribution in [-0.4, -0.2) is 45.0 Å². The van der Waals surface area contributed by atoms with E-state index in [1.54, 1.807) is 6.07 Å². The smallest absolute Gasteiger partial charge is 0.410 e. The lowest BCUT2D eigenvalue weighted by Crippen LogP contribution is -2.33. The van der Waals surface area contributed by atoms with Crippen molar-refractivity contribution in [2.75, 3.05) is 19.5 Å². The van der Waals surface area contributed by atoms with Crippen LogP contribution in [0.4, 0.5) is 4.79 Å². The number of amides is 1. The number of alkyl halides is 1. The molecule has 1 aromatic carbocycles. The third-order valence-corrected chi connectivity index (χ3v) is 4.64. The molecule has 0 bridgehead atoms. The van der Waals surface area contributed by atoms with Crippen LogP contribution in [0.25, 0.3) is 0 Å². The Morgan fingerprint density at radius 1 is 1.45 bits per heavy atom. The zero-order valence-electron chi connectivity index (χ0n) is 12.2. The second-order valence-electron chi connectivity index (χ2n) is 4.88. The molecule has 2 unspecified atom stereocenters. The second-order valence-corrected chi connectivity index (χ2v) is 6.79. The van der Waals surface area contributed by atoms with Gasteiger partial charge in [0.25, 0.3) is 0 Å². The predicted molar refractivity (Wildman–Crippen MR) is 80.5 cm³/mol. The highest BCUT2D eigenvalue weighted by molar-refractivity contribution is 7.89. The maximum atomic E-state index is 11.8. The third kappa shape index (κ3) is 3.13. The fourth-order valence-corrected chi connectivity index (χ4v) is 3.34. The van der Waals surface area contributed by atoms with E-state index in [0.29, 0.717) is 12.1 Å². The number of methoxy groups -OCH3 is 1. The van der Waals surface area contributed by atoms with Gasteiger partial charge in [0, 0.05) is 12.4 Å². The van der Waals surface area contributed by atoms with Gasteiger partial charge in [0.2, 0.25) is 10.0 Å². The molecule has 7 nitrogen and oxygen atoms in total. The topological polar surface area (TPSA) is 98.9 Å². The van der Waals surface area contributed by atoms with Crippen molar-refractivity contribution in [2.45, 2.75) is 24.0 Å². The summed E-state index contributed by atoms with van der Waals surface area (Å²) in [7, 11) is -2.60. The van der Waals surface area contributed by atoms with E-state index in [1.807, 2.05) is 6.92 Å². The number of halogens is 1. The molecule has 122 valence electrons. The molecular weight excluding hydrogens is 332 g/mol. The highest BCUT2D eigenvalue weighted by Gasteiger charge is 2.39. The molecule has 1 fully saturated rings. The molecule has 0 spiro atoms. The van der Waals surface area contributed by atoms with Crippen molar-refractivity contribution in [3.63, 3.8) is 0 Å². The zero-order valence-corrected chi connectivity index (χ0v) is 13.7. The van der Waals surface area contributed by atoms with Gasteiger partial charge in [-0.25, -0.2) is 18.4 Å². The van der Waals surface area contributed by atoms with Crippen molar-refractivity contribution in [3.05, 3.63) is 23.8 Å². The van der Waals surface area contributed by atoms with Gasteiger partial charge in [-0.15, -0.1) is 11.6 Å². The van der Waals surface area contributed by atoms with Crippen LogP contribution in [0.5, 0.6) is 5.75 Å². The standard InChI is InChI=1S/C13H17ClN2O5S/c1-8-12(21-13(17)16(8)6-5-14)9-3-4-10(20-2)11(7-9)22(15,18)19/h3-4,7-8,12H,5-6H2,1-2H3,(H2,15,18,19). The number of ether oxygens (including phenoxy) is 2. The first-order valence-corrected chi connectivity index (χ1v) is 8.61. The van der Waals surface area contributed by atoms with Crippen LogP contribution in [-0.2, 0) is 14.8 Å². The van der Waals surface area contributed by atoms with Gasteiger partial charge in [-0.2, -0.15) is 0 Å². The third-order valence-electron chi connectivity index (χ3n) is 3.54. The minimum Gasteiger partial charge on any atom is -0.495 e. The minimum absolute atomic E-state index is 0.140. The molecule has 1 aliphatic rings. The summed E-state index contributed by atoms with van der Waals surface area (Å²) in [5.41, 5.74) is 0.530. The van der Waals surface area contributed by atoms with Gasteiger partial charge in [0.1, 0.15) is 16.7 Å². The highest BCUT2D eigenvalue weighted by Crippen LogP contribution is 2.35. The van der Waals surface area contributed by atoms with E-state index in [9.17, 15) is 13.2 Å². The SMILES string of the molecule is COc1ccc(C2OC(=O)N(CCCl)C2C)cc1S(N)(=O)=O. The van der Waals surface area contributed by atoms with Crippen LogP contribution in [0.15, 0.2) is 23.1 Å². The Balaban J connectivity index is 2.40. The number of nitrogens with two attached hydrogens (primary N) is 1. The molecule has 9 heteroatoms. The number of hydrogen-bond donors (Lipinski definition) is 1. The molecule has 1 amide bonds. The molecule has 0 saturated carbocycles.